The van der Waals surface area contributed by atoms with Crippen molar-refractivity contribution in [1.29, 1.82) is 0 Å². The molecule has 1 aromatic rings. The van der Waals surface area contributed by atoms with Crippen molar-refractivity contribution in [2.45, 2.75) is 33.8 Å². The van der Waals surface area contributed by atoms with Gasteiger partial charge in [0.05, 0.1) is 12.7 Å². The van der Waals surface area contributed by atoms with E-state index in [0.717, 1.165) is 42.9 Å². The van der Waals surface area contributed by atoms with E-state index in [4.69, 9.17) is 4.74 Å². The molecule has 1 aliphatic heterocycles. The fourth-order valence-corrected chi connectivity index (χ4v) is 2.88. The molecule has 1 saturated heterocycles. The van der Waals surface area contributed by atoms with E-state index >= 15 is 0 Å². The Balaban J connectivity index is 1.87. The summed E-state index contributed by atoms with van der Waals surface area (Å²) < 4.78 is 5.77. The van der Waals surface area contributed by atoms with Gasteiger partial charge < -0.3 is 10.1 Å². The van der Waals surface area contributed by atoms with Gasteiger partial charge in [0.15, 0.2) is 0 Å². The highest BCUT2D eigenvalue weighted by Gasteiger charge is 2.21. The molecule has 0 aromatic heterocycles. The summed E-state index contributed by atoms with van der Waals surface area (Å²) in [7, 11) is 0. The molecular formula is C18H28N2O2. The quantitative estimate of drug-likeness (QED) is 0.908. The Morgan fingerprint density at radius 2 is 2.18 bits per heavy atom. The van der Waals surface area contributed by atoms with E-state index in [1.54, 1.807) is 0 Å². The molecule has 1 unspecified atom stereocenters. The number of nitrogens with one attached hydrogen (secondary N) is 1. The maximum absolute atomic E-state index is 12.3. The van der Waals surface area contributed by atoms with E-state index in [2.05, 4.69) is 24.1 Å². The number of nitrogens with zero attached hydrogens (tertiary/aromatic N) is 1. The summed E-state index contributed by atoms with van der Waals surface area (Å²) in [6.45, 7) is 12.8. The van der Waals surface area contributed by atoms with Crippen LogP contribution in [0.15, 0.2) is 18.2 Å². The van der Waals surface area contributed by atoms with Crippen LogP contribution in [0.3, 0.4) is 0 Å². The lowest BCUT2D eigenvalue weighted by Gasteiger charge is -2.34. The van der Waals surface area contributed by atoms with Gasteiger partial charge in [-0.1, -0.05) is 26.0 Å². The Hall–Kier alpha value is -1.39. The van der Waals surface area contributed by atoms with Crippen molar-refractivity contribution < 1.29 is 9.53 Å². The molecule has 22 heavy (non-hydrogen) atoms. The smallest absolute Gasteiger partial charge is 0.251 e. The summed E-state index contributed by atoms with van der Waals surface area (Å²) >= 11 is 0. The largest absolute Gasteiger partial charge is 0.374 e. The van der Waals surface area contributed by atoms with E-state index in [1.807, 2.05) is 32.0 Å². The third kappa shape index (κ3) is 4.55. The highest BCUT2D eigenvalue weighted by atomic mass is 16.5. The molecule has 2 rings (SSSR count). The number of carbonyl (C=O) groups is 1. The predicted molar refractivity (Wildman–Crippen MR) is 89.3 cm³/mol. The molecule has 0 radical (unpaired) electrons. The Bertz CT molecular complexity index is 514. The summed E-state index contributed by atoms with van der Waals surface area (Å²) in [5.74, 6) is 0.647. The number of hydrogen-bond acceptors (Lipinski definition) is 3. The van der Waals surface area contributed by atoms with Crippen LogP contribution in [0.25, 0.3) is 0 Å². The van der Waals surface area contributed by atoms with Crippen molar-refractivity contribution in [3.63, 3.8) is 0 Å². The molecule has 0 bridgehead atoms. The summed E-state index contributed by atoms with van der Waals surface area (Å²) in [6.07, 6.45) is 0.0848. The van der Waals surface area contributed by atoms with Crippen molar-refractivity contribution in [2.75, 3.05) is 32.8 Å². The highest BCUT2D eigenvalue weighted by Crippen LogP contribution is 2.13. The number of aryl methyl sites for hydroxylation is 1. The monoisotopic (exact) mass is 304 g/mol. The number of hydrogen-bond donors (Lipinski definition) is 1. The Kier molecular flexibility index (Phi) is 5.98. The van der Waals surface area contributed by atoms with Crippen molar-refractivity contribution >= 4 is 5.91 Å². The second-order valence-electron chi connectivity index (χ2n) is 6.60. The normalized spacial score (nSPS) is 19.4. The zero-order valence-corrected chi connectivity index (χ0v) is 14.2. The zero-order chi connectivity index (χ0) is 16.1. The molecule has 1 amide bonds. The van der Waals surface area contributed by atoms with Crippen LogP contribution in [-0.2, 0) is 4.74 Å². The summed E-state index contributed by atoms with van der Waals surface area (Å²) in [4.78, 5) is 14.8. The SMILES string of the molecule is Cc1cccc(C(=O)NCC2CN(CC(C)C)CCO2)c1C. The predicted octanol–water partition coefficient (Wildman–Crippen LogP) is 2.39. The third-order valence-corrected chi connectivity index (χ3v) is 4.19. The van der Waals surface area contributed by atoms with E-state index in [9.17, 15) is 4.79 Å². The van der Waals surface area contributed by atoms with Gasteiger partial charge in [0.1, 0.15) is 0 Å². The molecule has 1 atom stereocenters. The minimum atomic E-state index is -0.00853. The molecule has 1 aliphatic rings. The minimum absolute atomic E-state index is 0.00853. The molecular weight excluding hydrogens is 276 g/mol. The number of morpholine rings is 1. The van der Waals surface area contributed by atoms with Gasteiger partial charge in [0.25, 0.3) is 5.91 Å². The molecule has 1 heterocycles. The lowest BCUT2D eigenvalue weighted by molar-refractivity contribution is -0.0295. The van der Waals surface area contributed by atoms with Crippen LogP contribution in [0.5, 0.6) is 0 Å². The summed E-state index contributed by atoms with van der Waals surface area (Å²) in [5, 5.41) is 3.02. The molecule has 4 heteroatoms. The Morgan fingerprint density at radius 3 is 2.91 bits per heavy atom. The van der Waals surface area contributed by atoms with Gasteiger partial charge >= 0.3 is 0 Å². The van der Waals surface area contributed by atoms with Crippen LogP contribution in [-0.4, -0.2) is 49.7 Å². The topological polar surface area (TPSA) is 41.6 Å². The maximum Gasteiger partial charge on any atom is 0.251 e. The lowest BCUT2D eigenvalue weighted by atomic mass is 10.0. The fraction of sp³-hybridized carbons (Fsp3) is 0.611. The first-order chi connectivity index (χ1) is 10.5. The van der Waals surface area contributed by atoms with Crippen LogP contribution in [0.1, 0.15) is 35.3 Å². The average molecular weight is 304 g/mol. The van der Waals surface area contributed by atoms with E-state index in [1.165, 1.54) is 0 Å². The number of amides is 1. The average Bonchev–Trinajstić information content (AvgIpc) is 2.47. The number of benzene rings is 1. The lowest BCUT2D eigenvalue weighted by Crippen LogP contribution is -2.48. The second-order valence-corrected chi connectivity index (χ2v) is 6.60. The second kappa shape index (κ2) is 7.75. The Morgan fingerprint density at radius 1 is 1.41 bits per heavy atom. The molecule has 0 saturated carbocycles. The Labute approximate surface area is 133 Å². The van der Waals surface area contributed by atoms with Gasteiger partial charge in [0, 0.05) is 31.7 Å². The van der Waals surface area contributed by atoms with Gasteiger partial charge in [0.2, 0.25) is 0 Å². The van der Waals surface area contributed by atoms with E-state index < -0.39 is 0 Å². The van der Waals surface area contributed by atoms with Crippen molar-refractivity contribution in [3.05, 3.63) is 34.9 Å². The molecule has 0 spiro atoms. The van der Waals surface area contributed by atoms with Crippen molar-refractivity contribution in [1.82, 2.24) is 10.2 Å². The van der Waals surface area contributed by atoms with Crippen LogP contribution >= 0.6 is 0 Å². The molecule has 122 valence electrons. The summed E-state index contributed by atoms with van der Waals surface area (Å²) in [5.41, 5.74) is 2.95. The first-order valence-electron chi connectivity index (χ1n) is 8.15. The number of carbonyl (C=O) groups excluding carboxylic acids is 1. The van der Waals surface area contributed by atoms with Gasteiger partial charge in [-0.25, -0.2) is 0 Å². The van der Waals surface area contributed by atoms with Crippen LogP contribution < -0.4 is 5.32 Å². The molecule has 0 aliphatic carbocycles. The molecule has 1 fully saturated rings. The third-order valence-electron chi connectivity index (χ3n) is 4.19. The number of ether oxygens (including phenoxy) is 1. The van der Waals surface area contributed by atoms with Crippen LogP contribution in [0.4, 0.5) is 0 Å². The molecule has 1 N–H and O–H groups in total. The molecule has 1 aromatic carbocycles. The maximum atomic E-state index is 12.3. The van der Waals surface area contributed by atoms with E-state index in [-0.39, 0.29) is 12.0 Å². The van der Waals surface area contributed by atoms with Gasteiger partial charge in [-0.3, -0.25) is 9.69 Å². The van der Waals surface area contributed by atoms with Gasteiger partial charge in [-0.15, -0.1) is 0 Å². The van der Waals surface area contributed by atoms with Crippen LogP contribution in [0.2, 0.25) is 0 Å². The van der Waals surface area contributed by atoms with Crippen molar-refractivity contribution in [3.8, 4) is 0 Å². The zero-order valence-electron chi connectivity index (χ0n) is 14.2. The molecule has 4 nitrogen and oxygen atoms in total. The van der Waals surface area contributed by atoms with Gasteiger partial charge in [-0.05, 0) is 37.0 Å². The summed E-state index contributed by atoms with van der Waals surface area (Å²) in [6, 6.07) is 5.84. The van der Waals surface area contributed by atoms with E-state index in [0.29, 0.717) is 12.5 Å². The highest BCUT2D eigenvalue weighted by molar-refractivity contribution is 5.95. The fourth-order valence-electron chi connectivity index (χ4n) is 2.88. The van der Waals surface area contributed by atoms with Crippen molar-refractivity contribution in [2.24, 2.45) is 5.92 Å². The first-order valence-corrected chi connectivity index (χ1v) is 8.15. The number of rotatable bonds is 5. The van der Waals surface area contributed by atoms with Gasteiger partial charge in [-0.2, -0.15) is 0 Å². The van der Waals surface area contributed by atoms with Crippen LogP contribution in [0, 0.1) is 19.8 Å². The minimum Gasteiger partial charge on any atom is -0.374 e. The standard InChI is InChI=1S/C18H28N2O2/c1-13(2)11-20-8-9-22-16(12-20)10-19-18(21)17-7-5-6-14(3)15(17)4/h5-7,13,16H,8-12H2,1-4H3,(H,19,21). The first kappa shape index (κ1) is 17.0.